The zero-order chi connectivity index (χ0) is 13.1. The number of para-hydroxylation sites is 1. The van der Waals surface area contributed by atoms with Gasteiger partial charge in [0, 0.05) is 6.07 Å². The van der Waals surface area contributed by atoms with Crippen molar-refractivity contribution in [3.05, 3.63) is 59.7 Å². The van der Waals surface area contributed by atoms with E-state index >= 15 is 0 Å². The molecule has 3 rings (SSSR count). The van der Waals surface area contributed by atoms with Gasteiger partial charge in [-0.2, -0.15) is 15.5 Å². The van der Waals surface area contributed by atoms with E-state index in [4.69, 9.17) is 5.26 Å². The largest absolute Gasteiger partial charge is 0.213 e. The lowest BCUT2D eigenvalue weighted by atomic mass is 10.1. The third-order valence-corrected chi connectivity index (χ3v) is 2.97. The van der Waals surface area contributed by atoms with Gasteiger partial charge in [-0.3, -0.25) is 0 Å². The van der Waals surface area contributed by atoms with Crippen molar-refractivity contribution in [1.82, 2.24) is 0 Å². The van der Waals surface area contributed by atoms with E-state index in [9.17, 15) is 0 Å². The van der Waals surface area contributed by atoms with Crippen molar-refractivity contribution < 1.29 is 4.99 Å². The van der Waals surface area contributed by atoms with Crippen LogP contribution in [0.2, 0.25) is 0 Å². The molecule has 0 aromatic heterocycles. The second-order valence-corrected chi connectivity index (χ2v) is 4.22. The summed E-state index contributed by atoms with van der Waals surface area (Å²) in [4.78, 5) is 3.18. The number of benzene rings is 2. The van der Waals surface area contributed by atoms with Crippen LogP contribution in [0.25, 0.3) is 0 Å². The highest BCUT2D eigenvalue weighted by atomic mass is 15.1. The molecule has 0 bridgehead atoms. The Morgan fingerprint density at radius 1 is 1.05 bits per heavy atom. The monoisotopic (exact) mass is 247 g/mol. The van der Waals surface area contributed by atoms with Crippen LogP contribution in [0.1, 0.15) is 17.2 Å². The zero-order valence-corrected chi connectivity index (χ0v) is 10.1. The molecule has 0 saturated carbocycles. The number of hydrogen-bond acceptors (Lipinski definition) is 3. The van der Waals surface area contributed by atoms with Crippen molar-refractivity contribution in [3.8, 4) is 6.07 Å². The van der Waals surface area contributed by atoms with Crippen molar-refractivity contribution in [2.24, 2.45) is 10.2 Å². The average Bonchev–Trinajstić information content (AvgIpc) is 2.89. The van der Waals surface area contributed by atoms with E-state index in [0.29, 0.717) is 5.56 Å². The maximum atomic E-state index is 8.72. The number of hydrogen-bond donors (Lipinski definition) is 1. The van der Waals surface area contributed by atoms with Crippen LogP contribution < -0.4 is 4.99 Å². The number of nitrogens with one attached hydrogen (secondary N) is 1. The third-order valence-electron chi connectivity index (χ3n) is 2.97. The second-order valence-electron chi connectivity index (χ2n) is 4.22. The van der Waals surface area contributed by atoms with Gasteiger partial charge in [-0.15, -0.1) is 0 Å². The smallest absolute Gasteiger partial charge is 0.209 e. The minimum Gasteiger partial charge on any atom is -0.213 e. The molecule has 1 aliphatic rings. The van der Waals surface area contributed by atoms with E-state index in [1.54, 1.807) is 24.3 Å². The summed E-state index contributed by atoms with van der Waals surface area (Å²) in [6, 6.07) is 17.1. The molecule has 1 aliphatic heterocycles. The molecule has 19 heavy (non-hydrogen) atoms. The minimum atomic E-state index is -0.0631. The van der Waals surface area contributed by atoms with Crippen molar-refractivity contribution in [3.63, 3.8) is 0 Å². The van der Waals surface area contributed by atoms with Crippen LogP contribution in [0.15, 0.2) is 58.8 Å². The van der Waals surface area contributed by atoms with Crippen molar-refractivity contribution >= 4 is 17.6 Å². The highest BCUT2D eigenvalue weighted by Gasteiger charge is 2.23. The average molecular weight is 247 g/mol. The minimum absolute atomic E-state index is 0.0631. The van der Waals surface area contributed by atoms with Gasteiger partial charge in [0.25, 0.3) is 0 Å². The first-order chi connectivity index (χ1) is 9.36. The van der Waals surface area contributed by atoms with E-state index < -0.39 is 0 Å². The Kier molecular flexibility index (Phi) is 2.87. The standard InChI is InChI=1S/C15H10N4/c16-9-11-5-7-12(8-6-11)18-19-15-10-17-14-4-2-1-3-13(14)15/h1-8,10,15H/p+1. The summed E-state index contributed by atoms with van der Waals surface area (Å²) < 4.78 is 0. The molecule has 1 N–H and O–H groups in total. The fourth-order valence-corrected chi connectivity index (χ4v) is 1.97. The second kappa shape index (κ2) is 4.83. The molecule has 90 valence electrons. The van der Waals surface area contributed by atoms with Crippen molar-refractivity contribution in [1.29, 1.82) is 5.26 Å². The molecule has 0 saturated heterocycles. The van der Waals surface area contributed by atoms with E-state index in [0.717, 1.165) is 16.9 Å². The summed E-state index contributed by atoms with van der Waals surface area (Å²) in [7, 11) is 0. The summed E-state index contributed by atoms with van der Waals surface area (Å²) in [5.41, 5.74) is 3.57. The molecule has 4 nitrogen and oxygen atoms in total. The van der Waals surface area contributed by atoms with Crippen LogP contribution in [0.5, 0.6) is 0 Å². The molecule has 4 heteroatoms. The number of fused-ring (bicyclic) bond motifs is 1. The van der Waals surface area contributed by atoms with Crippen LogP contribution >= 0.6 is 0 Å². The van der Waals surface area contributed by atoms with Gasteiger partial charge < -0.3 is 0 Å². The lowest BCUT2D eigenvalue weighted by Crippen LogP contribution is -2.59. The zero-order valence-electron chi connectivity index (χ0n) is 10.1. The molecule has 0 fully saturated rings. The molecule has 2 aromatic carbocycles. The SMILES string of the molecule is N#Cc1ccc(N=NC2C=[NH+]c3ccccc32)cc1. The first kappa shape index (κ1) is 11.3. The first-order valence-corrected chi connectivity index (χ1v) is 5.96. The topological polar surface area (TPSA) is 62.5 Å². The Morgan fingerprint density at radius 2 is 1.84 bits per heavy atom. The molecule has 1 heterocycles. The van der Waals surface area contributed by atoms with Gasteiger partial charge in [-0.1, -0.05) is 12.1 Å². The predicted octanol–water partition coefficient (Wildman–Crippen LogP) is 2.18. The van der Waals surface area contributed by atoms with Crippen LogP contribution in [-0.4, -0.2) is 6.21 Å². The molecule has 0 aliphatic carbocycles. The van der Waals surface area contributed by atoms with Crippen LogP contribution in [0, 0.1) is 11.3 Å². The van der Waals surface area contributed by atoms with Gasteiger partial charge in [0.2, 0.25) is 5.69 Å². The Hall–Kier alpha value is -2.80. The quantitative estimate of drug-likeness (QED) is 0.812. The molecule has 0 amide bonds. The maximum Gasteiger partial charge on any atom is 0.209 e. The Balaban J connectivity index is 1.81. The summed E-state index contributed by atoms with van der Waals surface area (Å²) in [5, 5.41) is 17.2. The van der Waals surface area contributed by atoms with Crippen LogP contribution in [-0.2, 0) is 0 Å². The molecule has 0 radical (unpaired) electrons. The van der Waals surface area contributed by atoms with E-state index in [1.807, 2.05) is 30.5 Å². The maximum absolute atomic E-state index is 8.72. The van der Waals surface area contributed by atoms with Gasteiger partial charge in [-0.25, -0.2) is 4.99 Å². The molecule has 1 unspecified atom stereocenters. The fraction of sp³-hybridized carbons (Fsp3) is 0.0667. The van der Waals surface area contributed by atoms with E-state index in [-0.39, 0.29) is 6.04 Å². The van der Waals surface area contributed by atoms with Gasteiger partial charge in [-0.05, 0) is 30.3 Å². The van der Waals surface area contributed by atoms with Gasteiger partial charge >= 0.3 is 0 Å². The van der Waals surface area contributed by atoms with Crippen molar-refractivity contribution in [2.75, 3.05) is 0 Å². The summed E-state index contributed by atoms with van der Waals surface area (Å²) >= 11 is 0. The fourth-order valence-electron chi connectivity index (χ4n) is 1.97. The van der Waals surface area contributed by atoms with Gasteiger partial charge in [0.1, 0.15) is 0 Å². The molecular formula is C15H11N4+. The summed E-state index contributed by atoms with van der Waals surface area (Å²) in [6.07, 6.45) is 1.91. The van der Waals surface area contributed by atoms with Crippen molar-refractivity contribution in [2.45, 2.75) is 6.04 Å². The molecular weight excluding hydrogens is 236 g/mol. The number of rotatable bonds is 2. The molecule has 0 spiro atoms. The lowest BCUT2D eigenvalue weighted by molar-refractivity contribution is -0.344. The third kappa shape index (κ3) is 2.26. The Bertz CT molecular complexity index is 693. The normalized spacial score (nSPS) is 16.5. The summed E-state index contributed by atoms with van der Waals surface area (Å²) in [6.45, 7) is 0. The molecule has 2 aromatic rings. The summed E-state index contributed by atoms with van der Waals surface area (Å²) in [5.74, 6) is 0. The van der Waals surface area contributed by atoms with E-state index in [2.05, 4.69) is 21.3 Å². The van der Waals surface area contributed by atoms with Gasteiger partial charge in [0.15, 0.2) is 12.3 Å². The first-order valence-electron chi connectivity index (χ1n) is 5.96. The Labute approximate surface area is 110 Å². The number of azo groups is 1. The highest BCUT2D eigenvalue weighted by Crippen LogP contribution is 2.25. The number of nitrogens with zero attached hydrogens (tertiary/aromatic N) is 3. The van der Waals surface area contributed by atoms with Crippen LogP contribution in [0.4, 0.5) is 11.4 Å². The number of nitriles is 1. The Morgan fingerprint density at radius 3 is 2.63 bits per heavy atom. The highest BCUT2D eigenvalue weighted by molar-refractivity contribution is 5.70. The lowest BCUT2D eigenvalue weighted by Gasteiger charge is -1.98. The predicted molar refractivity (Wildman–Crippen MR) is 71.5 cm³/mol. The van der Waals surface area contributed by atoms with E-state index in [1.165, 1.54) is 0 Å². The van der Waals surface area contributed by atoms with Crippen LogP contribution in [0.3, 0.4) is 0 Å². The molecule has 1 atom stereocenters. The van der Waals surface area contributed by atoms with Gasteiger partial charge in [0.05, 0.1) is 22.9 Å².